The van der Waals surface area contributed by atoms with E-state index in [1.165, 1.54) is 4.88 Å². The van der Waals surface area contributed by atoms with Gasteiger partial charge in [-0.2, -0.15) is 17.0 Å². The minimum atomic E-state index is -0.165. The van der Waals surface area contributed by atoms with E-state index in [0.717, 1.165) is 29.4 Å². The van der Waals surface area contributed by atoms with Gasteiger partial charge < -0.3 is 0 Å². The van der Waals surface area contributed by atoms with Crippen molar-refractivity contribution in [3.05, 3.63) is 16.1 Å². The normalized spacial score (nSPS) is 11.4. The highest BCUT2D eigenvalue weighted by Gasteiger charge is 2.15. The van der Waals surface area contributed by atoms with E-state index in [1.807, 2.05) is 38.7 Å². The van der Waals surface area contributed by atoms with Crippen LogP contribution in [-0.2, 0) is 5.75 Å². The smallest absolute Gasteiger partial charge is 0.0897 e. The molecule has 1 aromatic heterocycles. The van der Waals surface area contributed by atoms with Crippen LogP contribution in [0.4, 0.5) is 0 Å². The van der Waals surface area contributed by atoms with Crippen molar-refractivity contribution in [2.75, 3.05) is 5.75 Å². The average molecular weight is 254 g/mol. The zero-order valence-electron chi connectivity index (χ0n) is 10.1. The van der Waals surface area contributed by atoms with Gasteiger partial charge in [0.15, 0.2) is 0 Å². The third-order valence-corrected chi connectivity index (χ3v) is 4.49. The molecule has 0 unspecified atom stereocenters. The van der Waals surface area contributed by atoms with E-state index in [9.17, 15) is 0 Å². The highest BCUT2D eigenvalue weighted by atomic mass is 32.2. The Kier molecular flexibility index (Phi) is 5.30. The lowest BCUT2D eigenvalue weighted by Gasteiger charge is -2.13. The third-order valence-electron chi connectivity index (χ3n) is 2.31. The van der Waals surface area contributed by atoms with Crippen LogP contribution in [0.15, 0.2) is 6.20 Å². The van der Waals surface area contributed by atoms with Gasteiger partial charge >= 0.3 is 0 Å². The zero-order chi connectivity index (χ0) is 12.0. The molecule has 1 heterocycles. The number of rotatable bonds is 6. The van der Waals surface area contributed by atoms with Crippen molar-refractivity contribution in [1.29, 1.82) is 5.26 Å². The summed E-state index contributed by atoms with van der Waals surface area (Å²) in [4.78, 5) is 5.58. The summed E-state index contributed by atoms with van der Waals surface area (Å²) < 4.78 is 0. The molecule has 0 bridgehead atoms. The average Bonchev–Trinajstić information content (AvgIpc) is 2.64. The van der Waals surface area contributed by atoms with Crippen molar-refractivity contribution in [1.82, 2.24) is 4.98 Å². The first-order valence-electron chi connectivity index (χ1n) is 5.44. The number of hydrogen-bond acceptors (Lipinski definition) is 4. The van der Waals surface area contributed by atoms with Gasteiger partial charge in [-0.25, -0.2) is 4.98 Å². The molecule has 2 nitrogen and oxygen atoms in total. The lowest BCUT2D eigenvalue weighted by Crippen LogP contribution is -2.07. The second-order valence-electron chi connectivity index (χ2n) is 4.50. The summed E-state index contributed by atoms with van der Waals surface area (Å²) in [6, 6.07) is 2.34. The van der Waals surface area contributed by atoms with Crippen LogP contribution in [0.1, 0.15) is 36.6 Å². The fourth-order valence-electron chi connectivity index (χ4n) is 1.32. The maximum atomic E-state index is 8.87. The SMILES string of the molecule is Cc1ncc(CSCCCC(C)(C)C#N)s1. The molecule has 0 atom stereocenters. The van der Waals surface area contributed by atoms with Gasteiger partial charge in [0.1, 0.15) is 0 Å². The molecule has 1 aromatic rings. The van der Waals surface area contributed by atoms with E-state index in [-0.39, 0.29) is 5.41 Å². The van der Waals surface area contributed by atoms with Crippen LogP contribution in [0.2, 0.25) is 0 Å². The van der Waals surface area contributed by atoms with Crippen LogP contribution in [0, 0.1) is 23.7 Å². The quantitative estimate of drug-likeness (QED) is 0.720. The Balaban J connectivity index is 2.11. The van der Waals surface area contributed by atoms with E-state index < -0.39 is 0 Å². The molecule has 1 rings (SSSR count). The van der Waals surface area contributed by atoms with Gasteiger partial charge in [0.25, 0.3) is 0 Å². The van der Waals surface area contributed by atoms with E-state index in [2.05, 4.69) is 11.1 Å². The number of thiazole rings is 1. The molecule has 0 spiro atoms. The van der Waals surface area contributed by atoms with E-state index in [0.29, 0.717) is 0 Å². The van der Waals surface area contributed by atoms with Gasteiger partial charge in [-0.1, -0.05) is 0 Å². The maximum absolute atomic E-state index is 8.87. The summed E-state index contributed by atoms with van der Waals surface area (Å²) in [6.45, 7) is 6.04. The highest BCUT2D eigenvalue weighted by molar-refractivity contribution is 7.98. The lowest BCUT2D eigenvalue weighted by atomic mass is 9.90. The maximum Gasteiger partial charge on any atom is 0.0897 e. The molecule has 0 saturated heterocycles. The second kappa shape index (κ2) is 6.27. The molecule has 0 aromatic carbocycles. The van der Waals surface area contributed by atoms with Gasteiger partial charge in [-0.15, -0.1) is 11.3 Å². The van der Waals surface area contributed by atoms with Gasteiger partial charge in [-0.05, 0) is 39.4 Å². The summed E-state index contributed by atoms with van der Waals surface area (Å²) in [5.74, 6) is 2.18. The number of thioether (sulfide) groups is 1. The zero-order valence-corrected chi connectivity index (χ0v) is 11.7. The molecule has 0 saturated carbocycles. The monoisotopic (exact) mass is 254 g/mol. The fourth-order valence-corrected chi connectivity index (χ4v) is 3.16. The van der Waals surface area contributed by atoms with Crippen molar-refractivity contribution in [2.45, 2.75) is 39.4 Å². The Morgan fingerprint density at radius 1 is 1.56 bits per heavy atom. The lowest BCUT2D eigenvalue weighted by molar-refractivity contribution is 0.448. The van der Waals surface area contributed by atoms with Crippen molar-refractivity contribution in [3.63, 3.8) is 0 Å². The summed E-state index contributed by atoms with van der Waals surface area (Å²) in [6.07, 6.45) is 4.06. The van der Waals surface area contributed by atoms with E-state index in [4.69, 9.17) is 5.26 Å². The van der Waals surface area contributed by atoms with Gasteiger partial charge in [0, 0.05) is 16.8 Å². The Hall–Kier alpha value is -0.530. The Labute approximate surface area is 106 Å². The molecule has 0 amide bonds. The molecule has 0 radical (unpaired) electrons. The number of hydrogen-bond donors (Lipinski definition) is 0. The first-order valence-corrected chi connectivity index (χ1v) is 7.41. The van der Waals surface area contributed by atoms with Gasteiger partial charge in [0.05, 0.1) is 16.5 Å². The van der Waals surface area contributed by atoms with Crippen molar-refractivity contribution in [3.8, 4) is 6.07 Å². The minimum absolute atomic E-state index is 0.165. The minimum Gasteiger partial charge on any atom is -0.250 e. The van der Waals surface area contributed by atoms with Crippen molar-refractivity contribution >= 4 is 23.1 Å². The first-order chi connectivity index (χ1) is 7.53. The topological polar surface area (TPSA) is 36.7 Å². The van der Waals surface area contributed by atoms with Crippen LogP contribution in [-0.4, -0.2) is 10.7 Å². The van der Waals surface area contributed by atoms with Crippen molar-refractivity contribution in [2.24, 2.45) is 5.41 Å². The first kappa shape index (κ1) is 13.5. The predicted octanol–water partition coefficient (Wildman–Crippen LogP) is 4.01. The van der Waals surface area contributed by atoms with Crippen LogP contribution < -0.4 is 0 Å². The van der Waals surface area contributed by atoms with Gasteiger partial charge in [0.2, 0.25) is 0 Å². The number of aryl methyl sites for hydroxylation is 1. The molecule has 16 heavy (non-hydrogen) atoms. The van der Waals surface area contributed by atoms with Crippen LogP contribution in [0.5, 0.6) is 0 Å². The number of aromatic nitrogens is 1. The van der Waals surface area contributed by atoms with Crippen LogP contribution >= 0.6 is 23.1 Å². The molecular formula is C12H18N2S2. The van der Waals surface area contributed by atoms with Crippen molar-refractivity contribution < 1.29 is 0 Å². The number of nitriles is 1. The Bertz CT molecular complexity index is 363. The van der Waals surface area contributed by atoms with E-state index in [1.54, 1.807) is 11.3 Å². The number of nitrogens with zero attached hydrogens (tertiary/aromatic N) is 2. The fraction of sp³-hybridized carbons (Fsp3) is 0.667. The molecular weight excluding hydrogens is 236 g/mol. The van der Waals surface area contributed by atoms with Crippen LogP contribution in [0.3, 0.4) is 0 Å². The van der Waals surface area contributed by atoms with Gasteiger partial charge in [-0.3, -0.25) is 0 Å². The standard InChI is InChI=1S/C12H18N2S2/c1-10-14-7-11(16-10)8-15-6-4-5-12(2,3)9-13/h7H,4-6,8H2,1-3H3. The molecule has 0 N–H and O–H groups in total. The summed E-state index contributed by atoms with van der Waals surface area (Å²) in [7, 11) is 0. The van der Waals surface area contributed by atoms with Crippen LogP contribution in [0.25, 0.3) is 0 Å². The summed E-state index contributed by atoms with van der Waals surface area (Å²) in [5.41, 5.74) is -0.165. The Morgan fingerprint density at radius 3 is 2.88 bits per heavy atom. The largest absolute Gasteiger partial charge is 0.250 e. The molecule has 0 aliphatic rings. The summed E-state index contributed by atoms with van der Waals surface area (Å²) >= 11 is 3.70. The third kappa shape index (κ3) is 5.00. The molecule has 0 fully saturated rings. The Morgan fingerprint density at radius 2 is 2.31 bits per heavy atom. The van der Waals surface area contributed by atoms with E-state index >= 15 is 0 Å². The summed E-state index contributed by atoms with van der Waals surface area (Å²) in [5, 5.41) is 10.0. The second-order valence-corrected chi connectivity index (χ2v) is 6.92. The molecule has 0 aliphatic carbocycles. The molecule has 0 aliphatic heterocycles. The predicted molar refractivity (Wildman–Crippen MR) is 71.6 cm³/mol. The highest BCUT2D eigenvalue weighted by Crippen LogP contribution is 2.24. The molecule has 88 valence electrons. The molecule has 4 heteroatoms.